The van der Waals surface area contributed by atoms with E-state index in [1.54, 1.807) is 0 Å². The van der Waals surface area contributed by atoms with Crippen molar-refractivity contribution in [3.63, 3.8) is 0 Å². The number of hydrogen-bond donors (Lipinski definition) is 0. The van der Waals surface area contributed by atoms with Gasteiger partial charge in [-0.3, -0.25) is 0 Å². The maximum absolute atomic E-state index is 4.70. The molecule has 0 bridgehead atoms. The Morgan fingerprint density at radius 2 is 0.815 bits per heavy atom. The van der Waals surface area contributed by atoms with Crippen LogP contribution in [0.5, 0.6) is 0 Å². The molecule has 0 aromatic carbocycles. The first-order valence-corrected chi connectivity index (χ1v) is 16.3. The predicted molar refractivity (Wildman–Crippen MR) is 135 cm³/mol. The van der Waals surface area contributed by atoms with Gasteiger partial charge in [0.15, 0.2) is 0 Å². The van der Waals surface area contributed by atoms with E-state index in [0.29, 0.717) is 12.7 Å². The molecule has 0 aliphatic rings. The topological polar surface area (TPSA) is 0 Å². The molecule has 0 nitrogen and oxygen atoms in total. The normalized spacial score (nSPS) is 12.1. The number of hydrogen-bond acceptors (Lipinski definition) is 0. The van der Waals surface area contributed by atoms with Crippen LogP contribution in [0.1, 0.15) is 82.1 Å². The summed E-state index contributed by atoms with van der Waals surface area (Å²) in [5.74, 6) is 0. The average molecular weight is 502 g/mol. The van der Waals surface area contributed by atoms with Crippen molar-refractivity contribution in [3.8, 4) is 0 Å². The van der Waals surface area contributed by atoms with E-state index in [9.17, 15) is 0 Å². The van der Waals surface area contributed by atoms with Gasteiger partial charge >= 0.3 is 33.0 Å². The maximum atomic E-state index is 4.70. The Hall–Kier alpha value is 1.41. The van der Waals surface area contributed by atoms with Gasteiger partial charge in [0.05, 0.1) is 0 Å². The van der Waals surface area contributed by atoms with E-state index in [4.69, 9.17) is 20.4 Å². The van der Waals surface area contributed by atoms with Crippen molar-refractivity contribution in [1.29, 1.82) is 0 Å². The second-order valence-corrected chi connectivity index (χ2v) is 16.1. The van der Waals surface area contributed by atoms with Crippen LogP contribution in [-0.2, 0) is 12.7 Å². The van der Waals surface area contributed by atoms with Gasteiger partial charge in [0.2, 0.25) is 0 Å². The molecule has 0 saturated heterocycles. The van der Waals surface area contributed by atoms with Crippen molar-refractivity contribution in [1.82, 2.24) is 0 Å². The molecule has 0 saturated carbocycles. The molecule has 0 aromatic heterocycles. The van der Waals surface area contributed by atoms with E-state index in [1.807, 2.05) is 0 Å². The molecule has 0 heterocycles. The predicted octanol–water partition coefficient (Wildman–Crippen LogP) is 9.88. The van der Waals surface area contributed by atoms with Crippen LogP contribution in [0.25, 0.3) is 0 Å². The summed E-state index contributed by atoms with van der Waals surface area (Å²) in [7, 11) is 9.85. The van der Waals surface area contributed by atoms with Crippen LogP contribution in [0.3, 0.4) is 0 Å². The van der Waals surface area contributed by atoms with Crippen molar-refractivity contribution in [2.45, 2.75) is 105 Å². The average Bonchev–Trinajstić information content (AvgIpc) is 2.55. The third-order valence-electron chi connectivity index (χ3n) is 4.09. The Bertz CT molecular complexity index is 295. The molecule has 0 radical (unpaired) electrons. The molecule has 0 aliphatic heterocycles. The fourth-order valence-electron chi connectivity index (χ4n) is 2.76. The van der Waals surface area contributed by atoms with Crippen molar-refractivity contribution in [3.05, 3.63) is 24.3 Å². The summed E-state index contributed by atoms with van der Waals surface area (Å²) in [5, 5.41) is 0. The Labute approximate surface area is 189 Å². The Morgan fingerprint density at radius 3 is 0.963 bits per heavy atom. The van der Waals surface area contributed by atoms with Gasteiger partial charge in [-0.2, -0.15) is 0 Å². The molecule has 0 aliphatic carbocycles. The van der Waals surface area contributed by atoms with Crippen LogP contribution in [-0.4, -0.2) is 35.0 Å². The van der Waals surface area contributed by atoms with Gasteiger partial charge in [-0.15, -0.1) is 0 Å². The third-order valence-corrected chi connectivity index (χ3v) is 10.7. The molecule has 0 aromatic rings. The van der Waals surface area contributed by atoms with Crippen LogP contribution < -0.4 is 0 Å². The number of allylic oxidation sites excluding steroid dienone is 4. The fourth-order valence-corrected chi connectivity index (χ4v) is 7.62. The summed E-state index contributed by atoms with van der Waals surface area (Å²) >= 11 is 0.569. The standard InChI is InChI=1S/2C11H23P.2ClH.Ni/c2*1-6-7-8-9-12(10(2)3)11(4)5;;;/h2*7-8,10-11H,6,9H2,1-5H3;2*1H;/q;;;;+2/p-2. The quantitative estimate of drug-likeness (QED) is 0.159. The molecule has 0 spiro atoms. The summed E-state index contributed by atoms with van der Waals surface area (Å²) in [6.07, 6.45) is 14.3. The monoisotopic (exact) mass is 500 g/mol. The van der Waals surface area contributed by atoms with Gasteiger partial charge in [0.1, 0.15) is 0 Å². The van der Waals surface area contributed by atoms with Gasteiger partial charge in [-0.1, -0.05) is 109 Å². The zero-order valence-corrected chi connectivity index (χ0v) is 23.7. The van der Waals surface area contributed by atoms with Gasteiger partial charge in [-0.25, -0.2) is 0 Å². The van der Waals surface area contributed by atoms with Crippen molar-refractivity contribution < 1.29 is 12.7 Å². The summed E-state index contributed by atoms with van der Waals surface area (Å²) in [4.78, 5) is 0. The van der Waals surface area contributed by atoms with Gasteiger partial charge in [0.25, 0.3) is 0 Å². The van der Waals surface area contributed by atoms with Crippen LogP contribution in [0, 0.1) is 0 Å². The summed E-state index contributed by atoms with van der Waals surface area (Å²) in [6.45, 7) is 23.2. The van der Waals surface area contributed by atoms with E-state index in [-0.39, 0.29) is 15.8 Å². The van der Waals surface area contributed by atoms with Crippen LogP contribution in [0.4, 0.5) is 0 Å². The molecule has 0 N–H and O–H groups in total. The molecule has 0 atom stereocenters. The molecule has 27 heavy (non-hydrogen) atoms. The van der Waals surface area contributed by atoms with Crippen molar-refractivity contribution in [2.24, 2.45) is 0 Å². The molecule has 0 unspecified atom stereocenters. The fraction of sp³-hybridized carbons (Fsp3) is 0.818. The first-order valence-electron chi connectivity index (χ1n) is 10.2. The zero-order valence-electron chi connectivity index (χ0n) is 19.4. The molecule has 0 rings (SSSR count). The summed E-state index contributed by atoms with van der Waals surface area (Å²) in [6, 6.07) is 0. The van der Waals surface area contributed by atoms with E-state index < -0.39 is 0 Å². The van der Waals surface area contributed by atoms with E-state index in [2.05, 4.69) is 93.5 Å². The van der Waals surface area contributed by atoms with E-state index >= 15 is 0 Å². The minimum atomic E-state index is 0.223. The zero-order chi connectivity index (χ0) is 21.8. The Kier molecular flexibility index (Phi) is 29.0. The van der Waals surface area contributed by atoms with Crippen LogP contribution >= 0.6 is 36.2 Å². The van der Waals surface area contributed by atoms with Gasteiger partial charge in [0, 0.05) is 0 Å². The van der Waals surface area contributed by atoms with E-state index in [1.165, 1.54) is 25.2 Å². The first-order chi connectivity index (χ1) is 12.6. The van der Waals surface area contributed by atoms with Crippen molar-refractivity contribution in [2.75, 3.05) is 12.3 Å². The van der Waals surface area contributed by atoms with Gasteiger partial charge < -0.3 is 0 Å². The van der Waals surface area contributed by atoms with Crippen molar-refractivity contribution >= 4 is 36.2 Å². The molecular weight excluding hydrogens is 456 g/mol. The second-order valence-electron chi connectivity index (χ2n) is 7.57. The summed E-state index contributed by atoms with van der Waals surface area (Å²) < 4.78 is 0. The Balaban J connectivity index is -0.000000372. The molecule has 0 amide bonds. The molecule has 5 heteroatoms. The van der Waals surface area contributed by atoms with Crippen LogP contribution in [0.15, 0.2) is 24.3 Å². The van der Waals surface area contributed by atoms with Gasteiger partial charge in [-0.05, 0) is 47.8 Å². The Morgan fingerprint density at radius 1 is 0.593 bits per heavy atom. The molecule has 0 fully saturated rings. The number of halogens is 2. The van der Waals surface area contributed by atoms with Crippen LogP contribution in [0.2, 0.25) is 0 Å². The second kappa shape index (κ2) is 23.7. The number of rotatable bonds is 10. The minimum absolute atomic E-state index is 0.223. The molecular formula is C22H46Cl2NiP2. The van der Waals surface area contributed by atoms with E-state index in [0.717, 1.165) is 22.6 Å². The SMILES string of the molecule is CCC=CCP(C(C)C)C(C)C.CCC=CCP(C(C)C)C(C)C.[Cl][Ni][Cl]. The summed E-state index contributed by atoms with van der Waals surface area (Å²) in [5.41, 5.74) is 3.51. The molecule has 168 valence electrons. The third kappa shape index (κ3) is 23.6. The first kappa shape index (κ1) is 33.1.